The number of rotatable bonds is 3. The van der Waals surface area contributed by atoms with E-state index in [1.807, 2.05) is 0 Å². The first-order valence-electron chi connectivity index (χ1n) is 6.05. The van der Waals surface area contributed by atoms with E-state index in [0.717, 1.165) is 12.8 Å². The zero-order valence-corrected chi connectivity index (χ0v) is 10.0. The predicted octanol–water partition coefficient (Wildman–Crippen LogP) is 2.69. The van der Waals surface area contributed by atoms with Gasteiger partial charge in [0.15, 0.2) is 0 Å². The van der Waals surface area contributed by atoms with Crippen molar-refractivity contribution in [2.45, 2.75) is 25.8 Å². The topological polar surface area (TPSA) is 44.1 Å². The Morgan fingerprint density at radius 1 is 1.56 bits per heavy atom. The Hall–Kier alpha value is -1.91. The Morgan fingerprint density at radius 3 is 3.00 bits per heavy atom. The van der Waals surface area contributed by atoms with E-state index in [4.69, 9.17) is 4.74 Å². The zero-order valence-electron chi connectivity index (χ0n) is 10.0. The van der Waals surface area contributed by atoms with E-state index in [2.05, 4.69) is 4.98 Å². The molecule has 1 aliphatic carbocycles. The van der Waals surface area contributed by atoms with Gasteiger partial charge >= 0.3 is 5.97 Å². The fraction of sp³-hybridized carbons (Fsp3) is 0.385. The van der Waals surface area contributed by atoms with Crippen molar-refractivity contribution in [2.75, 3.05) is 6.61 Å². The average molecular weight is 248 g/mol. The van der Waals surface area contributed by atoms with Gasteiger partial charge in [0.05, 0.1) is 17.6 Å². The molecule has 1 aromatic heterocycles. The third kappa shape index (κ3) is 1.75. The van der Waals surface area contributed by atoms with E-state index in [-0.39, 0.29) is 17.7 Å². The molecule has 94 valence electrons. The lowest BCUT2D eigenvalue weighted by atomic mass is 10.3. The quantitative estimate of drug-likeness (QED) is 0.784. The number of imidazole rings is 1. The Balaban J connectivity index is 2.18. The molecule has 1 saturated carbocycles. The van der Waals surface area contributed by atoms with Crippen LogP contribution in [0.3, 0.4) is 0 Å². The SMILES string of the molecule is CCOC(=O)c1nc2ccc(F)cc2n1C1CC1. The first-order valence-corrected chi connectivity index (χ1v) is 6.05. The summed E-state index contributed by atoms with van der Waals surface area (Å²) in [4.78, 5) is 16.1. The van der Waals surface area contributed by atoms with E-state index in [1.54, 1.807) is 17.6 Å². The van der Waals surface area contributed by atoms with Gasteiger partial charge < -0.3 is 9.30 Å². The van der Waals surface area contributed by atoms with Crippen LogP contribution in [0.5, 0.6) is 0 Å². The number of esters is 1. The lowest BCUT2D eigenvalue weighted by molar-refractivity contribution is 0.0507. The van der Waals surface area contributed by atoms with Crippen molar-refractivity contribution in [3.05, 3.63) is 29.8 Å². The van der Waals surface area contributed by atoms with Crippen molar-refractivity contribution in [2.24, 2.45) is 0 Å². The molecule has 18 heavy (non-hydrogen) atoms. The van der Waals surface area contributed by atoms with Gasteiger partial charge in [0.1, 0.15) is 5.82 Å². The van der Waals surface area contributed by atoms with Crippen LogP contribution in [0.1, 0.15) is 36.4 Å². The number of aromatic nitrogens is 2. The molecule has 3 rings (SSSR count). The maximum absolute atomic E-state index is 13.3. The van der Waals surface area contributed by atoms with Gasteiger partial charge in [-0.05, 0) is 38.0 Å². The molecule has 0 amide bonds. The van der Waals surface area contributed by atoms with Crippen LogP contribution >= 0.6 is 0 Å². The number of ether oxygens (including phenoxy) is 1. The minimum absolute atomic E-state index is 0.246. The summed E-state index contributed by atoms with van der Waals surface area (Å²) in [6.07, 6.45) is 1.99. The first kappa shape index (κ1) is 11.2. The number of halogens is 1. The standard InChI is InChI=1S/C13H13FN2O2/c1-2-18-13(17)12-15-10-6-3-8(14)7-11(10)16(12)9-4-5-9/h3,6-7,9H,2,4-5H2,1H3. The molecule has 2 aromatic rings. The highest BCUT2D eigenvalue weighted by Crippen LogP contribution is 2.38. The van der Waals surface area contributed by atoms with Gasteiger partial charge in [-0.2, -0.15) is 0 Å². The fourth-order valence-electron chi connectivity index (χ4n) is 2.11. The zero-order chi connectivity index (χ0) is 12.7. The molecule has 1 aliphatic rings. The van der Waals surface area contributed by atoms with Crippen LogP contribution in [-0.4, -0.2) is 22.1 Å². The Bertz CT molecular complexity index is 617. The molecule has 0 unspecified atom stereocenters. The summed E-state index contributed by atoms with van der Waals surface area (Å²) in [7, 11) is 0. The Morgan fingerprint density at radius 2 is 2.33 bits per heavy atom. The maximum atomic E-state index is 13.3. The minimum Gasteiger partial charge on any atom is -0.460 e. The second kappa shape index (κ2) is 4.08. The van der Waals surface area contributed by atoms with Crippen molar-refractivity contribution in [1.29, 1.82) is 0 Å². The summed E-state index contributed by atoms with van der Waals surface area (Å²) in [6.45, 7) is 2.06. The highest BCUT2D eigenvalue weighted by atomic mass is 19.1. The van der Waals surface area contributed by atoms with Crippen molar-refractivity contribution in [3.8, 4) is 0 Å². The number of nitrogens with zero attached hydrogens (tertiary/aromatic N) is 2. The van der Waals surface area contributed by atoms with Crippen LogP contribution in [0.4, 0.5) is 4.39 Å². The highest BCUT2D eigenvalue weighted by Gasteiger charge is 2.31. The molecule has 0 saturated heterocycles. The fourth-order valence-corrected chi connectivity index (χ4v) is 2.11. The normalized spacial score (nSPS) is 15.0. The molecule has 0 atom stereocenters. The van der Waals surface area contributed by atoms with Gasteiger partial charge in [-0.25, -0.2) is 14.2 Å². The third-order valence-electron chi connectivity index (χ3n) is 3.02. The van der Waals surface area contributed by atoms with Gasteiger partial charge in [0, 0.05) is 6.04 Å². The Kier molecular flexibility index (Phi) is 2.54. The Labute approximate surface area is 103 Å². The van der Waals surface area contributed by atoms with Gasteiger partial charge in [0.25, 0.3) is 0 Å². The van der Waals surface area contributed by atoms with Crippen LogP contribution in [0.15, 0.2) is 18.2 Å². The molecule has 4 nitrogen and oxygen atoms in total. The van der Waals surface area contributed by atoms with Crippen LogP contribution in [0.25, 0.3) is 11.0 Å². The number of carbonyl (C=O) groups is 1. The molecular weight excluding hydrogens is 235 g/mol. The summed E-state index contributed by atoms with van der Waals surface area (Å²) in [5.74, 6) is -0.485. The van der Waals surface area contributed by atoms with Gasteiger partial charge in [-0.3, -0.25) is 0 Å². The minimum atomic E-state index is -0.444. The van der Waals surface area contributed by atoms with E-state index in [1.165, 1.54) is 12.1 Å². The van der Waals surface area contributed by atoms with Gasteiger partial charge in [-0.15, -0.1) is 0 Å². The van der Waals surface area contributed by atoms with Gasteiger partial charge in [-0.1, -0.05) is 0 Å². The van der Waals surface area contributed by atoms with E-state index in [9.17, 15) is 9.18 Å². The van der Waals surface area contributed by atoms with E-state index >= 15 is 0 Å². The summed E-state index contributed by atoms with van der Waals surface area (Å²) in [6, 6.07) is 4.60. The third-order valence-corrected chi connectivity index (χ3v) is 3.02. The van der Waals surface area contributed by atoms with Crippen molar-refractivity contribution < 1.29 is 13.9 Å². The smallest absolute Gasteiger partial charge is 0.374 e. The molecule has 1 heterocycles. The molecule has 5 heteroatoms. The monoisotopic (exact) mass is 248 g/mol. The number of fused-ring (bicyclic) bond motifs is 1. The summed E-state index contributed by atoms with van der Waals surface area (Å²) in [5.41, 5.74) is 1.30. The second-order valence-electron chi connectivity index (χ2n) is 4.39. The lowest BCUT2D eigenvalue weighted by Gasteiger charge is -2.06. The number of benzene rings is 1. The second-order valence-corrected chi connectivity index (χ2v) is 4.39. The molecule has 0 radical (unpaired) electrons. The van der Waals surface area contributed by atoms with Crippen LogP contribution in [-0.2, 0) is 4.74 Å². The van der Waals surface area contributed by atoms with E-state index < -0.39 is 5.97 Å². The highest BCUT2D eigenvalue weighted by molar-refractivity contribution is 5.91. The first-order chi connectivity index (χ1) is 8.70. The molecule has 0 aliphatic heterocycles. The number of hydrogen-bond donors (Lipinski definition) is 0. The largest absolute Gasteiger partial charge is 0.460 e. The van der Waals surface area contributed by atoms with Crippen LogP contribution < -0.4 is 0 Å². The molecular formula is C13H13FN2O2. The molecule has 1 aromatic carbocycles. The van der Waals surface area contributed by atoms with Crippen molar-refractivity contribution >= 4 is 17.0 Å². The summed E-state index contributed by atoms with van der Waals surface area (Å²) < 4.78 is 20.1. The van der Waals surface area contributed by atoms with Crippen molar-refractivity contribution in [1.82, 2.24) is 9.55 Å². The van der Waals surface area contributed by atoms with Gasteiger partial charge in [0.2, 0.25) is 5.82 Å². The van der Waals surface area contributed by atoms with Crippen molar-refractivity contribution in [3.63, 3.8) is 0 Å². The lowest BCUT2D eigenvalue weighted by Crippen LogP contribution is -2.12. The molecule has 1 fully saturated rings. The number of carbonyl (C=O) groups excluding carboxylic acids is 1. The summed E-state index contributed by atoms with van der Waals surface area (Å²) in [5, 5.41) is 0. The molecule has 0 N–H and O–H groups in total. The van der Waals surface area contributed by atoms with Crippen LogP contribution in [0.2, 0.25) is 0 Å². The number of hydrogen-bond acceptors (Lipinski definition) is 3. The molecule has 0 bridgehead atoms. The maximum Gasteiger partial charge on any atom is 0.374 e. The molecule has 0 spiro atoms. The predicted molar refractivity (Wildman–Crippen MR) is 63.9 cm³/mol. The van der Waals surface area contributed by atoms with Crippen LogP contribution in [0, 0.1) is 5.82 Å². The summed E-state index contributed by atoms with van der Waals surface area (Å²) >= 11 is 0. The van der Waals surface area contributed by atoms with E-state index in [0.29, 0.717) is 17.6 Å². The average Bonchev–Trinajstić information content (AvgIpc) is 3.10.